The molecule has 5 atom stereocenters. The summed E-state index contributed by atoms with van der Waals surface area (Å²) in [5, 5.41) is 16.7. The van der Waals surface area contributed by atoms with E-state index in [4.69, 9.17) is 19.4 Å². The molecule has 3 fully saturated rings. The number of sulfonamides is 1. The number of methoxy groups -OCH3 is 1. The lowest BCUT2D eigenvalue weighted by Crippen LogP contribution is -2.58. The SMILES string of the molecule is COc1ccc2c(O[C@@H]3C[C@H]4C(=O)N[C@]5(C(=O)NS(=O)(=O)C6CC6)C[C@H]5/C=C\CCCCC[C@H](NC(=O)c5cn(C(C)C)nn5)C(=O)N4C3)cc(-c3nc(C(C)C)cs3)nc2c1C. The van der Waals surface area contributed by atoms with Gasteiger partial charge in [0.2, 0.25) is 21.8 Å². The fourth-order valence-corrected chi connectivity index (χ4v) is 10.7. The summed E-state index contributed by atoms with van der Waals surface area (Å²) in [6.07, 6.45) is 8.87. The predicted molar refractivity (Wildman–Crippen MR) is 236 cm³/mol. The van der Waals surface area contributed by atoms with Crippen molar-refractivity contribution < 1.29 is 37.1 Å². The van der Waals surface area contributed by atoms with E-state index < -0.39 is 68.5 Å². The molecule has 4 aliphatic rings. The monoisotopic (exact) mass is 901 g/mol. The Kier molecular flexibility index (Phi) is 12.4. The molecule has 63 heavy (non-hydrogen) atoms. The minimum Gasteiger partial charge on any atom is -0.496 e. The molecular formula is C44H55N9O8S2. The number of carbonyl (C=O) groups excluding carboxylic acids is 4. The summed E-state index contributed by atoms with van der Waals surface area (Å²) < 4.78 is 42.3. The highest BCUT2D eigenvalue weighted by atomic mass is 32.2. The molecule has 17 nitrogen and oxygen atoms in total. The largest absolute Gasteiger partial charge is 0.496 e. The molecule has 3 aromatic heterocycles. The summed E-state index contributed by atoms with van der Waals surface area (Å²) >= 11 is 1.47. The number of rotatable bonds is 11. The molecule has 4 amide bonds. The zero-order valence-corrected chi connectivity index (χ0v) is 38.1. The maximum absolute atomic E-state index is 14.9. The van der Waals surface area contributed by atoms with E-state index in [1.807, 2.05) is 56.5 Å². The van der Waals surface area contributed by atoms with Crippen LogP contribution in [0.25, 0.3) is 21.6 Å². The number of ether oxygens (including phenoxy) is 2. The first-order chi connectivity index (χ1) is 30.1. The number of thiazole rings is 1. The van der Waals surface area contributed by atoms with Crippen molar-refractivity contribution in [1.29, 1.82) is 0 Å². The van der Waals surface area contributed by atoms with E-state index in [2.05, 4.69) is 39.5 Å². The lowest BCUT2D eigenvalue weighted by Gasteiger charge is -2.29. The average molecular weight is 902 g/mol. The molecule has 1 saturated heterocycles. The van der Waals surface area contributed by atoms with Gasteiger partial charge in [-0.25, -0.2) is 23.1 Å². The number of fused-ring (bicyclic) bond motifs is 3. The Balaban J connectivity index is 1.15. The second-order valence-electron chi connectivity index (χ2n) is 17.7. The molecule has 0 radical (unpaired) electrons. The highest BCUT2D eigenvalue weighted by Gasteiger charge is 2.62. The Morgan fingerprint density at radius 2 is 1.84 bits per heavy atom. The molecule has 8 rings (SSSR count). The third-order valence-corrected chi connectivity index (χ3v) is 15.1. The van der Waals surface area contributed by atoms with Gasteiger partial charge in [-0.15, -0.1) is 16.4 Å². The number of nitrogens with zero attached hydrogens (tertiary/aromatic N) is 6. The van der Waals surface area contributed by atoms with Crippen molar-refractivity contribution >= 4 is 55.9 Å². The first-order valence-corrected chi connectivity index (χ1v) is 24.2. The molecule has 0 spiro atoms. The van der Waals surface area contributed by atoms with Gasteiger partial charge in [0.05, 0.1) is 36.3 Å². The number of nitrogens with one attached hydrogen (secondary N) is 3. The molecule has 2 aliphatic carbocycles. The van der Waals surface area contributed by atoms with E-state index >= 15 is 0 Å². The first kappa shape index (κ1) is 44.2. The number of hydrogen-bond donors (Lipinski definition) is 3. The van der Waals surface area contributed by atoms with Crippen molar-refractivity contribution in [2.45, 2.75) is 133 Å². The topological polar surface area (TPSA) is 217 Å². The third kappa shape index (κ3) is 9.17. The molecule has 2 saturated carbocycles. The number of aryl methyl sites for hydroxylation is 1. The van der Waals surface area contributed by atoms with Gasteiger partial charge in [-0.1, -0.05) is 44.1 Å². The van der Waals surface area contributed by atoms with Crippen LogP contribution >= 0.6 is 11.3 Å². The van der Waals surface area contributed by atoms with E-state index in [1.54, 1.807) is 11.8 Å². The molecule has 19 heteroatoms. The van der Waals surface area contributed by atoms with E-state index in [0.717, 1.165) is 24.1 Å². The van der Waals surface area contributed by atoms with Crippen LogP contribution in [-0.2, 0) is 24.4 Å². The van der Waals surface area contributed by atoms with Gasteiger partial charge in [0.25, 0.3) is 11.8 Å². The first-order valence-electron chi connectivity index (χ1n) is 21.8. The molecule has 3 N–H and O–H groups in total. The molecule has 0 bridgehead atoms. The Hall–Kier alpha value is -5.43. The Bertz CT molecular complexity index is 2570. The van der Waals surface area contributed by atoms with Gasteiger partial charge >= 0.3 is 0 Å². The summed E-state index contributed by atoms with van der Waals surface area (Å²) in [4.78, 5) is 68.5. The predicted octanol–water partition coefficient (Wildman–Crippen LogP) is 5.12. The van der Waals surface area contributed by atoms with E-state index in [1.165, 1.54) is 22.4 Å². The van der Waals surface area contributed by atoms with Crippen LogP contribution in [0.2, 0.25) is 0 Å². The zero-order valence-electron chi connectivity index (χ0n) is 36.4. The van der Waals surface area contributed by atoms with Gasteiger partial charge in [-0.2, -0.15) is 0 Å². The Morgan fingerprint density at radius 1 is 1.05 bits per heavy atom. The van der Waals surface area contributed by atoms with Crippen molar-refractivity contribution in [2.75, 3.05) is 13.7 Å². The standard InChI is InChI=1S/C44H55N9O8S2/c1-24(2)34-23-62-41(47-34)32-19-37(30-16-17-36(60-6)26(5)38(30)45-32)61-28-18-35-40(55)48-44(43(57)50-63(58,59)29-14-15-29)20-27(44)12-10-8-7-9-11-13-31(42(56)52(35)21-28)46-39(54)33-22-53(25(3)4)51-49-33/h10,12,16-17,19,22-25,27-29,31,35H,7-9,11,13-15,18,20-21H2,1-6H3,(H,46,54)(H,48,55)(H,50,57)/b12-10-/t27-,28-,31+,35+,44-/m1/s1. The van der Waals surface area contributed by atoms with Crippen LogP contribution in [0, 0.1) is 12.8 Å². The van der Waals surface area contributed by atoms with Gasteiger partial charge in [0.1, 0.15) is 45.9 Å². The normalized spacial score (nSPS) is 24.9. The molecular weight excluding hydrogens is 847 g/mol. The van der Waals surface area contributed by atoms with Gasteiger partial charge < -0.3 is 25.0 Å². The number of carbonyl (C=O) groups is 4. The lowest BCUT2D eigenvalue weighted by molar-refractivity contribution is -0.141. The summed E-state index contributed by atoms with van der Waals surface area (Å²) in [7, 11) is -2.33. The van der Waals surface area contributed by atoms with Crippen LogP contribution < -0.4 is 24.8 Å². The van der Waals surface area contributed by atoms with Crippen molar-refractivity contribution in [3.05, 3.63) is 58.9 Å². The minimum atomic E-state index is -3.93. The fourth-order valence-electron chi connectivity index (χ4n) is 8.37. The fraction of sp³-hybridized carbons (Fsp3) is 0.545. The molecule has 5 heterocycles. The molecule has 1 aromatic carbocycles. The third-order valence-electron chi connectivity index (χ3n) is 12.4. The van der Waals surface area contributed by atoms with Gasteiger partial charge in [-0.05, 0) is 77.3 Å². The molecule has 336 valence electrons. The smallest absolute Gasteiger partial charge is 0.274 e. The van der Waals surface area contributed by atoms with Gasteiger partial charge in [0, 0.05) is 40.8 Å². The van der Waals surface area contributed by atoms with Crippen LogP contribution in [-0.4, -0.2) is 105 Å². The van der Waals surface area contributed by atoms with E-state index in [-0.39, 0.29) is 37.0 Å². The summed E-state index contributed by atoms with van der Waals surface area (Å²) in [6.45, 7) is 9.84. The molecule has 2 aliphatic heterocycles. The summed E-state index contributed by atoms with van der Waals surface area (Å²) in [6, 6.07) is 3.30. The maximum atomic E-state index is 14.9. The highest BCUT2D eigenvalue weighted by molar-refractivity contribution is 7.91. The molecule has 4 aromatic rings. The zero-order chi connectivity index (χ0) is 44.8. The quantitative estimate of drug-likeness (QED) is 0.167. The van der Waals surface area contributed by atoms with Crippen LogP contribution in [0.3, 0.4) is 0 Å². The number of aromatic nitrogens is 5. The van der Waals surface area contributed by atoms with Gasteiger partial charge in [0.15, 0.2) is 5.69 Å². The highest BCUT2D eigenvalue weighted by Crippen LogP contribution is 2.46. The van der Waals surface area contributed by atoms with Gasteiger partial charge in [-0.3, -0.25) is 23.9 Å². The van der Waals surface area contributed by atoms with Crippen molar-refractivity contribution in [3.63, 3.8) is 0 Å². The van der Waals surface area contributed by atoms with Crippen LogP contribution in [0.1, 0.15) is 119 Å². The maximum Gasteiger partial charge on any atom is 0.274 e. The van der Waals surface area contributed by atoms with Crippen LogP contribution in [0.4, 0.5) is 0 Å². The number of amides is 4. The summed E-state index contributed by atoms with van der Waals surface area (Å²) in [5.74, 6) is -1.63. The van der Waals surface area contributed by atoms with Crippen LogP contribution in [0.5, 0.6) is 11.5 Å². The number of hydrogen-bond acceptors (Lipinski definition) is 13. The minimum absolute atomic E-state index is 0.0303. The number of allylic oxidation sites excluding steroid dienone is 1. The lowest BCUT2D eigenvalue weighted by atomic mass is 10.0. The number of benzene rings is 1. The van der Waals surface area contributed by atoms with E-state index in [9.17, 15) is 27.6 Å². The second-order valence-corrected chi connectivity index (χ2v) is 20.5. The second kappa shape index (κ2) is 17.6. The van der Waals surface area contributed by atoms with Crippen molar-refractivity contribution in [1.82, 2.24) is 45.2 Å². The Labute approximate surface area is 370 Å². The van der Waals surface area contributed by atoms with Crippen LogP contribution in [0.15, 0.2) is 41.9 Å². The summed E-state index contributed by atoms with van der Waals surface area (Å²) in [5.41, 5.74) is 1.48. The van der Waals surface area contributed by atoms with Crippen molar-refractivity contribution in [2.24, 2.45) is 5.92 Å². The van der Waals surface area contributed by atoms with Crippen molar-refractivity contribution in [3.8, 4) is 22.2 Å². The number of pyridine rings is 1. The van der Waals surface area contributed by atoms with E-state index in [0.29, 0.717) is 65.2 Å². The molecule has 0 unspecified atom stereocenters. The average Bonchev–Trinajstić information content (AvgIpc) is 4.00. The Morgan fingerprint density at radius 3 is 2.54 bits per heavy atom.